The molecule has 1 atom stereocenters. The van der Waals surface area contributed by atoms with Crippen LogP contribution in [0.4, 0.5) is 5.69 Å². The van der Waals surface area contributed by atoms with Crippen molar-refractivity contribution in [3.63, 3.8) is 0 Å². The molecule has 1 aliphatic rings. The number of nitrogens with zero attached hydrogens (tertiary/aromatic N) is 3. The second-order valence-electron chi connectivity index (χ2n) is 9.54. The summed E-state index contributed by atoms with van der Waals surface area (Å²) in [7, 11) is 1.66. The predicted molar refractivity (Wildman–Crippen MR) is 143 cm³/mol. The third-order valence-corrected chi connectivity index (χ3v) is 6.90. The molecule has 5 rings (SSSR count). The fourth-order valence-electron chi connectivity index (χ4n) is 5.12. The van der Waals surface area contributed by atoms with Crippen LogP contribution in [0.1, 0.15) is 42.1 Å². The van der Waals surface area contributed by atoms with Crippen molar-refractivity contribution in [2.45, 2.75) is 45.6 Å². The number of methoxy groups -OCH3 is 1. The van der Waals surface area contributed by atoms with Gasteiger partial charge in [-0.2, -0.15) is 0 Å². The highest BCUT2D eigenvalue weighted by molar-refractivity contribution is 5.97. The van der Waals surface area contributed by atoms with Gasteiger partial charge in [0.25, 0.3) is 0 Å². The molecule has 0 saturated carbocycles. The van der Waals surface area contributed by atoms with Crippen LogP contribution in [-0.2, 0) is 11.3 Å². The number of aromatic nitrogens is 2. The van der Waals surface area contributed by atoms with E-state index in [0.717, 1.165) is 59.0 Å². The van der Waals surface area contributed by atoms with Crippen LogP contribution in [0, 0.1) is 13.8 Å². The fraction of sp³-hybridized carbons (Fsp3) is 0.333. The second-order valence-corrected chi connectivity index (χ2v) is 9.54. The molecule has 186 valence electrons. The normalized spacial score (nSPS) is 15.6. The highest BCUT2D eigenvalue weighted by Crippen LogP contribution is 2.35. The van der Waals surface area contributed by atoms with Gasteiger partial charge in [0.05, 0.1) is 24.8 Å². The molecule has 0 N–H and O–H groups in total. The number of carbonyl (C=O) groups excluding carboxylic acids is 1. The van der Waals surface area contributed by atoms with Gasteiger partial charge in [-0.15, -0.1) is 0 Å². The van der Waals surface area contributed by atoms with Gasteiger partial charge >= 0.3 is 0 Å². The first-order chi connectivity index (χ1) is 17.5. The number of carbonyl (C=O) groups is 1. The predicted octanol–water partition coefficient (Wildman–Crippen LogP) is 6.04. The van der Waals surface area contributed by atoms with Gasteiger partial charge in [0, 0.05) is 37.2 Å². The van der Waals surface area contributed by atoms with Crippen molar-refractivity contribution < 1.29 is 14.3 Å². The SMILES string of the molecule is COc1cccc(OCCCCn2c(C3CC(=O)N(c4ccc(C)cc4C)C3)nc3ccccc32)c1. The van der Waals surface area contributed by atoms with Gasteiger partial charge in [-0.3, -0.25) is 4.79 Å². The molecular weight excluding hydrogens is 450 g/mol. The third kappa shape index (κ3) is 4.94. The Morgan fingerprint density at radius 1 is 0.972 bits per heavy atom. The van der Waals surface area contributed by atoms with Crippen molar-refractivity contribution >= 4 is 22.6 Å². The lowest BCUT2D eigenvalue weighted by Crippen LogP contribution is -2.25. The highest BCUT2D eigenvalue weighted by Gasteiger charge is 2.35. The Morgan fingerprint density at radius 3 is 2.64 bits per heavy atom. The summed E-state index contributed by atoms with van der Waals surface area (Å²) < 4.78 is 13.5. The number of para-hydroxylation sites is 2. The first-order valence-electron chi connectivity index (χ1n) is 12.6. The van der Waals surface area contributed by atoms with Crippen LogP contribution in [-0.4, -0.2) is 35.7 Å². The van der Waals surface area contributed by atoms with Crippen molar-refractivity contribution in [2.75, 3.05) is 25.2 Å². The number of amides is 1. The zero-order valence-electron chi connectivity index (χ0n) is 21.2. The second kappa shape index (κ2) is 10.4. The Labute approximate surface area is 212 Å². The Kier molecular flexibility index (Phi) is 6.94. The van der Waals surface area contributed by atoms with Gasteiger partial charge < -0.3 is 18.9 Å². The Bertz CT molecular complexity index is 1380. The molecule has 0 radical (unpaired) electrons. The minimum absolute atomic E-state index is 0.0682. The number of hydrogen-bond acceptors (Lipinski definition) is 4. The molecular formula is C30H33N3O3. The van der Waals surface area contributed by atoms with Crippen LogP contribution < -0.4 is 14.4 Å². The molecule has 1 saturated heterocycles. The quantitative estimate of drug-likeness (QED) is 0.272. The molecule has 4 aromatic rings. The van der Waals surface area contributed by atoms with E-state index in [0.29, 0.717) is 19.6 Å². The minimum atomic E-state index is 0.0682. The Morgan fingerprint density at radius 2 is 1.81 bits per heavy atom. The van der Waals surface area contributed by atoms with Crippen molar-refractivity contribution in [2.24, 2.45) is 0 Å². The van der Waals surface area contributed by atoms with E-state index in [1.165, 1.54) is 5.56 Å². The van der Waals surface area contributed by atoms with Crippen LogP contribution in [0.5, 0.6) is 11.5 Å². The number of ether oxygens (including phenoxy) is 2. The monoisotopic (exact) mass is 483 g/mol. The van der Waals surface area contributed by atoms with E-state index in [1.807, 2.05) is 35.2 Å². The van der Waals surface area contributed by atoms with Crippen LogP contribution in [0.15, 0.2) is 66.7 Å². The molecule has 6 heteroatoms. The number of anilines is 1. The lowest BCUT2D eigenvalue weighted by molar-refractivity contribution is -0.117. The largest absolute Gasteiger partial charge is 0.497 e. The van der Waals surface area contributed by atoms with Crippen molar-refractivity contribution in [3.8, 4) is 11.5 Å². The van der Waals surface area contributed by atoms with E-state index in [1.54, 1.807) is 7.11 Å². The molecule has 36 heavy (non-hydrogen) atoms. The maximum Gasteiger partial charge on any atom is 0.227 e. The first kappa shape index (κ1) is 23.9. The standard InChI is InChI=1S/C30H33N3O3/c1-21-13-14-27(22(2)17-21)33-20-23(18-29(33)34)30-31-26-11-4-5-12-28(26)32(30)15-6-7-16-36-25-10-8-9-24(19-25)35-3/h4-5,8-14,17,19,23H,6-7,15-16,18,20H2,1-3H3. The summed E-state index contributed by atoms with van der Waals surface area (Å²) in [5.74, 6) is 2.85. The summed E-state index contributed by atoms with van der Waals surface area (Å²) in [5.41, 5.74) is 5.45. The molecule has 1 aliphatic heterocycles. The van der Waals surface area contributed by atoms with E-state index < -0.39 is 0 Å². The number of benzene rings is 3. The smallest absolute Gasteiger partial charge is 0.227 e. The molecule has 2 heterocycles. The maximum atomic E-state index is 13.1. The molecule has 1 fully saturated rings. The van der Waals surface area contributed by atoms with Crippen LogP contribution in [0.25, 0.3) is 11.0 Å². The Hall–Kier alpha value is -3.80. The average molecular weight is 484 g/mol. The minimum Gasteiger partial charge on any atom is -0.497 e. The van der Waals surface area contributed by atoms with E-state index >= 15 is 0 Å². The lowest BCUT2D eigenvalue weighted by Gasteiger charge is -2.20. The van der Waals surface area contributed by atoms with Gasteiger partial charge in [-0.1, -0.05) is 35.9 Å². The van der Waals surface area contributed by atoms with Crippen LogP contribution in [0.3, 0.4) is 0 Å². The van der Waals surface area contributed by atoms with Gasteiger partial charge in [-0.05, 0) is 62.6 Å². The summed E-state index contributed by atoms with van der Waals surface area (Å²) in [4.78, 5) is 20.0. The van der Waals surface area contributed by atoms with E-state index in [2.05, 4.69) is 54.8 Å². The third-order valence-electron chi connectivity index (χ3n) is 6.90. The number of rotatable bonds is 9. The number of hydrogen-bond donors (Lipinski definition) is 0. The molecule has 0 aliphatic carbocycles. The summed E-state index contributed by atoms with van der Waals surface area (Å²) in [6, 6.07) is 22.2. The summed E-state index contributed by atoms with van der Waals surface area (Å²) in [6.07, 6.45) is 2.36. The lowest BCUT2D eigenvalue weighted by atomic mass is 10.1. The van der Waals surface area contributed by atoms with Gasteiger partial charge in [0.1, 0.15) is 17.3 Å². The number of fused-ring (bicyclic) bond motifs is 1. The molecule has 1 amide bonds. The topological polar surface area (TPSA) is 56.6 Å². The molecule has 0 spiro atoms. The highest BCUT2D eigenvalue weighted by atomic mass is 16.5. The van der Waals surface area contributed by atoms with E-state index in [-0.39, 0.29) is 11.8 Å². The first-order valence-corrected chi connectivity index (χ1v) is 12.6. The van der Waals surface area contributed by atoms with Gasteiger partial charge in [0.15, 0.2) is 0 Å². The molecule has 1 unspecified atom stereocenters. The summed E-state index contributed by atoms with van der Waals surface area (Å²) in [6.45, 7) is 6.29. The molecule has 0 bridgehead atoms. The summed E-state index contributed by atoms with van der Waals surface area (Å²) in [5, 5.41) is 0. The summed E-state index contributed by atoms with van der Waals surface area (Å²) >= 11 is 0. The van der Waals surface area contributed by atoms with Crippen LogP contribution >= 0.6 is 0 Å². The zero-order chi connectivity index (χ0) is 25.1. The van der Waals surface area contributed by atoms with Crippen molar-refractivity contribution in [1.29, 1.82) is 0 Å². The average Bonchev–Trinajstić information content (AvgIpc) is 3.44. The van der Waals surface area contributed by atoms with Crippen LogP contribution in [0.2, 0.25) is 0 Å². The van der Waals surface area contributed by atoms with E-state index in [4.69, 9.17) is 14.5 Å². The van der Waals surface area contributed by atoms with Gasteiger partial charge in [-0.25, -0.2) is 4.98 Å². The number of imidazole rings is 1. The number of unbranched alkanes of at least 4 members (excludes halogenated alkanes) is 1. The molecule has 1 aromatic heterocycles. The molecule has 6 nitrogen and oxygen atoms in total. The fourth-order valence-corrected chi connectivity index (χ4v) is 5.12. The van der Waals surface area contributed by atoms with Crippen molar-refractivity contribution in [1.82, 2.24) is 9.55 Å². The zero-order valence-corrected chi connectivity index (χ0v) is 21.2. The van der Waals surface area contributed by atoms with E-state index in [9.17, 15) is 4.79 Å². The Balaban J connectivity index is 1.29. The van der Waals surface area contributed by atoms with Crippen molar-refractivity contribution in [3.05, 3.63) is 83.7 Å². The molecule has 3 aromatic carbocycles. The maximum absolute atomic E-state index is 13.1. The number of aryl methyl sites for hydroxylation is 3. The van der Waals surface area contributed by atoms with Gasteiger partial charge in [0.2, 0.25) is 5.91 Å².